The van der Waals surface area contributed by atoms with Crippen LogP contribution in [-0.2, 0) is 16.7 Å². The van der Waals surface area contributed by atoms with Crippen LogP contribution in [0.25, 0.3) is 0 Å². The minimum Gasteiger partial charge on any atom is -0.337 e. The summed E-state index contributed by atoms with van der Waals surface area (Å²) >= 11 is 5.74. The van der Waals surface area contributed by atoms with Crippen LogP contribution < -0.4 is 0 Å². The van der Waals surface area contributed by atoms with E-state index in [1.165, 1.54) is 0 Å². The van der Waals surface area contributed by atoms with Crippen molar-refractivity contribution in [1.29, 1.82) is 0 Å². The fourth-order valence-corrected chi connectivity index (χ4v) is 3.03. The third kappa shape index (κ3) is 3.07. The number of carbonyl (C=O) groups excluding carboxylic acids is 1. The molecular weight excluding hydrogens is 258 g/mol. The molecule has 1 fully saturated rings. The summed E-state index contributed by atoms with van der Waals surface area (Å²) in [5, 5.41) is 0. The number of hydrogen-bond acceptors (Lipinski definition) is 2. The molecule has 2 rings (SSSR count). The fraction of sp³-hybridized carbons (Fsp3) is 0.417. The Morgan fingerprint density at radius 2 is 2.06 bits per heavy atom. The van der Waals surface area contributed by atoms with E-state index in [-0.39, 0.29) is 5.91 Å². The molecule has 1 saturated heterocycles. The molecule has 1 aliphatic heterocycles. The summed E-state index contributed by atoms with van der Waals surface area (Å²) in [6.45, 7) is 1.16. The molecule has 0 bridgehead atoms. The van der Waals surface area contributed by atoms with Crippen LogP contribution in [0.2, 0.25) is 0 Å². The van der Waals surface area contributed by atoms with Crippen LogP contribution in [0, 0.1) is 0 Å². The predicted octanol–water partition coefficient (Wildman–Crippen LogP) is 1.63. The molecule has 0 aromatic heterocycles. The van der Waals surface area contributed by atoms with Gasteiger partial charge in [0.1, 0.15) is 0 Å². The van der Waals surface area contributed by atoms with Crippen molar-refractivity contribution in [2.75, 3.05) is 24.6 Å². The maximum atomic E-state index is 12.2. The molecule has 0 radical (unpaired) electrons. The second-order valence-electron chi connectivity index (χ2n) is 3.97. The lowest BCUT2D eigenvalue weighted by molar-refractivity contribution is 0.0771. The van der Waals surface area contributed by atoms with Crippen molar-refractivity contribution in [2.24, 2.45) is 0 Å². The molecule has 5 heteroatoms. The molecule has 3 nitrogen and oxygen atoms in total. The van der Waals surface area contributed by atoms with Gasteiger partial charge in [-0.05, 0) is 17.7 Å². The van der Waals surface area contributed by atoms with E-state index in [2.05, 4.69) is 0 Å². The predicted molar refractivity (Wildman–Crippen MR) is 69.8 cm³/mol. The molecule has 17 heavy (non-hydrogen) atoms. The lowest BCUT2D eigenvalue weighted by Crippen LogP contribution is -2.41. The summed E-state index contributed by atoms with van der Waals surface area (Å²) in [7, 11) is -0.755. The third-order valence-electron chi connectivity index (χ3n) is 2.79. The zero-order chi connectivity index (χ0) is 12.3. The topological polar surface area (TPSA) is 37.4 Å². The van der Waals surface area contributed by atoms with E-state index in [4.69, 9.17) is 11.6 Å². The van der Waals surface area contributed by atoms with Crippen LogP contribution in [0.15, 0.2) is 24.3 Å². The van der Waals surface area contributed by atoms with E-state index in [9.17, 15) is 9.00 Å². The van der Waals surface area contributed by atoms with Gasteiger partial charge < -0.3 is 4.90 Å². The minimum atomic E-state index is -0.755. The van der Waals surface area contributed by atoms with E-state index >= 15 is 0 Å². The zero-order valence-electron chi connectivity index (χ0n) is 9.39. The summed E-state index contributed by atoms with van der Waals surface area (Å²) in [6.07, 6.45) is 0. The highest BCUT2D eigenvalue weighted by Gasteiger charge is 2.21. The number of amides is 1. The molecule has 1 aromatic rings. The molecule has 1 heterocycles. The van der Waals surface area contributed by atoms with E-state index in [1.54, 1.807) is 11.0 Å². The van der Waals surface area contributed by atoms with Gasteiger partial charge >= 0.3 is 0 Å². The number of carbonyl (C=O) groups is 1. The average molecular weight is 272 g/mol. The Bertz CT molecular complexity index is 440. The van der Waals surface area contributed by atoms with Crippen LogP contribution in [0.5, 0.6) is 0 Å². The van der Waals surface area contributed by atoms with Gasteiger partial charge in [-0.3, -0.25) is 9.00 Å². The van der Waals surface area contributed by atoms with Gasteiger partial charge in [0.05, 0.1) is 0 Å². The fourth-order valence-electron chi connectivity index (χ4n) is 1.81. The first-order valence-electron chi connectivity index (χ1n) is 5.50. The van der Waals surface area contributed by atoms with Gasteiger partial charge in [0.2, 0.25) is 0 Å². The highest BCUT2D eigenvalue weighted by atomic mass is 35.5. The van der Waals surface area contributed by atoms with Crippen molar-refractivity contribution < 1.29 is 9.00 Å². The Labute approximate surface area is 108 Å². The number of nitrogens with zero attached hydrogens (tertiary/aromatic N) is 1. The summed E-state index contributed by atoms with van der Waals surface area (Å²) in [4.78, 5) is 13.9. The van der Waals surface area contributed by atoms with Crippen molar-refractivity contribution in [3.05, 3.63) is 35.4 Å². The minimum absolute atomic E-state index is 0.00802. The Balaban J connectivity index is 2.10. The highest BCUT2D eigenvalue weighted by Crippen LogP contribution is 2.12. The summed E-state index contributed by atoms with van der Waals surface area (Å²) in [5.74, 6) is 1.58. The Morgan fingerprint density at radius 1 is 1.35 bits per heavy atom. The SMILES string of the molecule is O=C(c1cccc(CCl)c1)N1CCS(=O)CC1. The lowest BCUT2D eigenvalue weighted by Gasteiger charge is -2.26. The maximum Gasteiger partial charge on any atom is 0.253 e. The van der Waals surface area contributed by atoms with Crippen LogP contribution in [-0.4, -0.2) is 39.6 Å². The van der Waals surface area contributed by atoms with Gasteiger partial charge in [0.25, 0.3) is 5.91 Å². The Hall–Kier alpha value is -0.870. The van der Waals surface area contributed by atoms with E-state index in [0.29, 0.717) is 36.0 Å². The normalized spacial score (nSPS) is 17.1. The second kappa shape index (κ2) is 5.65. The van der Waals surface area contributed by atoms with E-state index < -0.39 is 10.8 Å². The van der Waals surface area contributed by atoms with Gasteiger partial charge in [0.15, 0.2) is 0 Å². The smallest absolute Gasteiger partial charge is 0.253 e. The molecule has 0 atom stereocenters. The van der Waals surface area contributed by atoms with Crippen molar-refractivity contribution in [3.63, 3.8) is 0 Å². The average Bonchev–Trinajstić information content (AvgIpc) is 2.39. The van der Waals surface area contributed by atoms with Gasteiger partial charge in [0, 0.05) is 46.8 Å². The number of hydrogen-bond donors (Lipinski definition) is 0. The molecule has 0 unspecified atom stereocenters. The van der Waals surface area contributed by atoms with Crippen molar-refractivity contribution in [2.45, 2.75) is 5.88 Å². The van der Waals surface area contributed by atoms with Gasteiger partial charge in [-0.15, -0.1) is 11.6 Å². The molecule has 0 saturated carbocycles. The number of benzene rings is 1. The molecule has 1 aliphatic rings. The number of halogens is 1. The second-order valence-corrected chi connectivity index (χ2v) is 5.94. The number of alkyl halides is 1. The van der Waals surface area contributed by atoms with Crippen LogP contribution >= 0.6 is 11.6 Å². The van der Waals surface area contributed by atoms with E-state index in [0.717, 1.165) is 5.56 Å². The maximum absolute atomic E-state index is 12.2. The summed E-state index contributed by atoms with van der Waals surface area (Å²) in [5.41, 5.74) is 1.61. The monoisotopic (exact) mass is 271 g/mol. The van der Waals surface area contributed by atoms with Crippen LogP contribution in [0.3, 0.4) is 0 Å². The Morgan fingerprint density at radius 3 is 2.71 bits per heavy atom. The molecular formula is C12H14ClNO2S. The molecule has 1 aromatic carbocycles. The molecule has 92 valence electrons. The first kappa shape index (κ1) is 12.6. The van der Waals surface area contributed by atoms with Crippen molar-refractivity contribution in [1.82, 2.24) is 4.90 Å². The summed E-state index contributed by atoms with van der Waals surface area (Å²) < 4.78 is 11.2. The number of rotatable bonds is 2. The van der Waals surface area contributed by atoms with Gasteiger partial charge in [-0.2, -0.15) is 0 Å². The van der Waals surface area contributed by atoms with Crippen molar-refractivity contribution >= 4 is 28.3 Å². The first-order chi connectivity index (χ1) is 8.20. The van der Waals surface area contributed by atoms with E-state index in [1.807, 2.05) is 18.2 Å². The molecule has 0 N–H and O–H groups in total. The lowest BCUT2D eigenvalue weighted by atomic mass is 10.1. The van der Waals surface area contributed by atoms with Crippen LogP contribution in [0.1, 0.15) is 15.9 Å². The first-order valence-corrected chi connectivity index (χ1v) is 7.52. The highest BCUT2D eigenvalue weighted by molar-refractivity contribution is 7.85. The zero-order valence-corrected chi connectivity index (χ0v) is 11.0. The van der Waals surface area contributed by atoms with Crippen molar-refractivity contribution in [3.8, 4) is 0 Å². The van der Waals surface area contributed by atoms with Crippen LogP contribution in [0.4, 0.5) is 0 Å². The van der Waals surface area contributed by atoms with Gasteiger partial charge in [-0.1, -0.05) is 12.1 Å². The third-order valence-corrected chi connectivity index (χ3v) is 4.38. The quantitative estimate of drug-likeness (QED) is 0.767. The molecule has 1 amide bonds. The summed E-state index contributed by atoms with van der Waals surface area (Å²) in [6, 6.07) is 7.35. The largest absolute Gasteiger partial charge is 0.337 e. The van der Waals surface area contributed by atoms with Gasteiger partial charge in [-0.25, -0.2) is 0 Å². The molecule has 0 aliphatic carbocycles. The standard InChI is InChI=1S/C12H14ClNO2S/c13-9-10-2-1-3-11(8-10)12(15)14-4-6-17(16)7-5-14/h1-3,8H,4-7,9H2. The Kier molecular flexibility index (Phi) is 4.18. The molecule has 0 spiro atoms.